The third kappa shape index (κ3) is 8.77. The fourth-order valence-electron chi connectivity index (χ4n) is 5.34. The summed E-state index contributed by atoms with van der Waals surface area (Å²) in [6.07, 6.45) is 7.07. The molecular weight excluding hydrogens is 634 g/mol. The zero-order valence-electron chi connectivity index (χ0n) is 27.5. The van der Waals surface area contributed by atoms with Crippen LogP contribution in [-0.2, 0) is 29.1 Å². The van der Waals surface area contributed by atoms with E-state index in [1.54, 1.807) is 43.3 Å². The van der Waals surface area contributed by atoms with Crippen molar-refractivity contribution in [2.75, 3.05) is 27.6 Å². The summed E-state index contributed by atoms with van der Waals surface area (Å²) in [4.78, 5) is 48.4. The van der Waals surface area contributed by atoms with Gasteiger partial charge in [0, 0.05) is 44.5 Å². The predicted molar refractivity (Wildman–Crippen MR) is 183 cm³/mol. The quantitative estimate of drug-likeness (QED) is 0.0923. The van der Waals surface area contributed by atoms with Gasteiger partial charge < -0.3 is 29.6 Å². The van der Waals surface area contributed by atoms with E-state index in [4.69, 9.17) is 23.9 Å². The molecule has 0 saturated heterocycles. The average Bonchev–Trinajstić information content (AvgIpc) is 3.57. The molecule has 13 heteroatoms. The Morgan fingerprint density at radius 1 is 1.00 bits per heavy atom. The summed E-state index contributed by atoms with van der Waals surface area (Å²) in [6.45, 7) is 3.28. The Morgan fingerprint density at radius 3 is 2.56 bits per heavy atom. The lowest BCUT2D eigenvalue weighted by atomic mass is 10.1. The number of benzene rings is 2. The SMILES string of the molecule is CC[C@H](Sc1nc2cc3c(cc2c(=O)n1CCCCCC(=O)NCCc1ccc(OC)c(OC)c1)OCO3)C(=O)NCc1cccnc1. The number of methoxy groups -OCH3 is 2. The standard InChI is InChI=1S/C35H41N5O7S/c1-4-31(33(42)38-21-24-9-8-14-36-20-24)48-35-39-26-19-30-29(46-22-47-30)18-25(26)34(43)40(35)16-7-5-6-10-32(41)37-15-13-23-11-12-27(44-2)28(17-23)45-3/h8-9,11-12,14,17-20,31H,4-7,10,13,15-16,21-22H2,1-3H3,(H,37,41)(H,38,42)/t31-/m0/s1. The Morgan fingerprint density at radius 2 is 1.81 bits per heavy atom. The first-order chi connectivity index (χ1) is 23.4. The zero-order chi connectivity index (χ0) is 33.9. The van der Waals surface area contributed by atoms with Gasteiger partial charge in [0.05, 0.1) is 30.4 Å². The molecule has 0 fully saturated rings. The van der Waals surface area contributed by atoms with Crippen LogP contribution < -0.4 is 35.1 Å². The molecule has 0 bridgehead atoms. The van der Waals surface area contributed by atoms with Gasteiger partial charge in [-0.2, -0.15) is 0 Å². The number of carbonyl (C=O) groups is 2. The first-order valence-corrected chi connectivity index (χ1v) is 16.9. The number of carbonyl (C=O) groups excluding carboxylic acids is 2. The Balaban J connectivity index is 1.19. The van der Waals surface area contributed by atoms with E-state index in [0.29, 0.717) is 90.8 Å². The molecule has 48 heavy (non-hydrogen) atoms. The molecule has 0 unspecified atom stereocenters. The van der Waals surface area contributed by atoms with Crippen LogP contribution >= 0.6 is 11.8 Å². The van der Waals surface area contributed by atoms with Crippen molar-refractivity contribution in [3.63, 3.8) is 0 Å². The number of pyridine rings is 1. The number of fused-ring (bicyclic) bond motifs is 2. The lowest BCUT2D eigenvalue weighted by molar-refractivity contribution is -0.121. The van der Waals surface area contributed by atoms with Gasteiger partial charge in [-0.05, 0) is 61.1 Å². The number of hydrogen-bond acceptors (Lipinski definition) is 10. The second kappa shape index (κ2) is 16.9. The molecule has 2 N–H and O–H groups in total. The summed E-state index contributed by atoms with van der Waals surface area (Å²) in [7, 11) is 3.19. The number of amides is 2. The molecule has 0 spiro atoms. The largest absolute Gasteiger partial charge is 0.493 e. The van der Waals surface area contributed by atoms with Gasteiger partial charge in [-0.1, -0.05) is 37.2 Å². The van der Waals surface area contributed by atoms with Gasteiger partial charge in [0.1, 0.15) is 0 Å². The van der Waals surface area contributed by atoms with Crippen molar-refractivity contribution in [2.24, 2.45) is 0 Å². The monoisotopic (exact) mass is 675 g/mol. The summed E-state index contributed by atoms with van der Waals surface area (Å²) in [5.74, 6) is 2.20. The third-order valence-corrected chi connectivity index (χ3v) is 9.34. The van der Waals surface area contributed by atoms with E-state index in [9.17, 15) is 14.4 Å². The van der Waals surface area contributed by atoms with Crippen LogP contribution in [0.25, 0.3) is 10.9 Å². The smallest absolute Gasteiger partial charge is 0.262 e. The van der Waals surface area contributed by atoms with Gasteiger partial charge in [0.25, 0.3) is 5.56 Å². The van der Waals surface area contributed by atoms with E-state index in [2.05, 4.69) is 15.6 Å². The van der Waals surface area contributed by atoms with Crippen molar-refractivity contribution in [1.29, 1.82) is 0 Å². The number of aromatic nitrogens is 3. The molecule has 3 heterocycles. The lowest BCUT2D eigenvalue weighted by Crippen LogP contribution is -2.33. The van der Waals surface area contributed by atoms with E-state index >= 15 is 0 Å². The minimum Gasteiger partial charge on any atom is -0.493 e. The highest BCUT2D eigenvalue weighted by Crippen LogP contribution is 2.35. The Labute approximate surface area is 283 Å². The Hall–Kier alpha value is -4.78. The second-order valence-electron chi connectivity index (χ2n) is 11.3. The maximum absolute atomic E-state index is 13.8. The third-order valence-electron chi connectivity index (χ3n) is 7.98. The second-order valence-corrected chi connectivity index (χ2v) is 12.4. The number of nitrogens with zero attached hydrogens (tertiary/aromatic N) is 3. The zero-order valence-corrected chi connectivity index (χ0v) is 28.3. The minimum atomic E-state index is -0.464. The first kappa shape index (κ1) is 34.6. The minimum absolute atomic E-state index is 0.0181. The molecule has 5 rings (SSSR count). The van der Waals surface area contributed by atoms with Crippen LogP contribution in [0, 0.1) is 0 Å². The van der Waals surface area contributed by atoms with E-state index in [1.165, 1.54) is 11.8 Å². The van der Waals surface area contributed by atoms with E-state index in [-0.39, 0.29) is 24.2 Å². The molecule has 254 valence electrons. The molecular formula is C35H41N5O7S. The number of thioether (sulfide) groups is 1. The van der Waals surface area contributed by atoms with Crippen LogP contribution in [0.5, 0.6) is 23.0 Å². The molecule has 2 amide bonds. The van der Waals surface area contributed by atoms with Gasteiger partial charge in [-0.15, -0.1) is 0 Å². The van der Waals surface area contributed by atoms with Gasteiger partial charge in [-0.3, -0.25) is 23.9 Å². The lowest BCUT2D eigenvalue weighted by Gasteiger charge is -2.18. The topological polar surface area (TPSA) is 143 Å². The average molecular weight is 676 g/mol. The fourth-order valence-corrected chi connectivity index (χ4v) is 6.40. The van der Waals surface area contributed by atoms with Gasteiger partial charge in [-0.25, -0.2) is 4.98 Å². The summed E-state index contributed by atoms with van der Waals surface area (Å²) in [5.41, 5.74) is 2.21. The Bertz CT molecular complexity index is 1780. The van der Waals surface area contributed by atoms with Crippen molar-refractivity contribution in [3.05, 3.63) is 76.3 Å². The van der Waals surface area contributed by atoms with Gasteiger partial charge >= 0.3 is 0 Å². The van der Waals surface area contributed by atoms with Crippen molar-refractivity contribution in [1.82, 2.24) is 25.2 Å². The summed E-state index contributed by atoms with van der Waals surface area (Å²) in [6, 6.07) is 12.8. The fraction of sp³-hybridized carbons (Fsp3) is 0.400. The van der Waals surface area contributed by atoms with Crippen LogP contribution in [0.3, 0.4) is 0 Å². The summed E-state index contributed by atoms with van der Waals surface area (Å²) in [5, 5.41) is 6.38. The number of rotatable bonds is 17. The van der Waals surface area contributed by atoms with Gasteiger partial charge in [0.15, 0.2) is 28.2 Å². The molecule has 2 aromatic heterocycles. The maximum atomic E-state index is 13.8. The highest BCUT2D eigenvalue weighted by atomic mass is 32.2. The van der Waals surface area contributed by atoms with Crippen LogP contribution in [0.1, 0.15) is 50.2 Å². The highest BCUT2D eigenvalue weighted by molar-refractivity contribution is 8.00. The molecule has 1 aliphatic rings. The number of unbranched alkanes of at least 4 members (excludes halogenated alkanes) is 2. The van der Waals surface area contributed by atoms with Crippen LogP contribution in [0.15, 0.2) is 64.8 Å². The van der Waals surface area contributed by atoms with Crippen molar-refractivity contribution < 1.29 is 28.5 Å². The number of ether oxygens (including phenoxy) is 4. The van der Waals surface area contributed by atoms with Gasteiger partial charge in [0.2, 0.25) is 18.6 Å². The number of nitrogens with one attached hydrogen (secondary N) is 2. The van der Waals surface area contributed by atoms with Crippen LogP contribution in [0.4, 0.5) is 0 Å². The Kier molecular flexibility index (Phi) is 12.1. The molecule has 0 aliphatic carbocycles. The van der Waals surface area contributed by atoms with Crippen LogP contribution in [-0.4, -0.2) is 59.2 Å². The maximum Gasteiger partial charge on any atom is 0.262 e. The summed E-state index contributed by atoms with van der Waals surface area (Å²) < 4.78 is 23.3. The van der Waals surface area contributed by atoms with E-state index in [1.807, 2.05) is 37.3 Å². The van der Waals surface area contributed by atoms with Crippen molar-refractivity contribution >= 4 is 34.5 Å². The molecule has 0 saturated carbocycles. The van der Waals surface area contributed by atoms with Crippen LogP contribution in [0.2, 0.25) is 0 Å². The molecule has 2 aromatic carbocycles. The molecule has 1 atom stereocenters. The van der Waals surface area contributed by atoms with E-state index < -0.39 is 5.25 Å². The predicted octanol–water partition coefficient (Wildman–Crippen LogP) is 4.64. The van der Waals surface area contributed by atoms with Crippen molar-refractivity contribution in [2.45, 2.75) is 68.9 Å². The van der Waals surface area contributed by atoms with E-state index in [0.717, 1.165) is 17.5 Å². The molecule has 12 nitrogen and oxygen atoms in total. The number of hydrogen-bond donors (Lipinski definition) is 2. The molecule has 4 aromatic rings. The highest BCUT2D eigenvalue weighted by Gasteiger charge is 2.24. The normalized spacial score (nSPS) is 12.5. The van der Waals surface area contributed by atoms with Crippen molar-refractivity contribution in [3.8, 4) is 23.0 Å². The summed E-state index contributed by atoms with van der Waals surface area (Å²) >= 11 is 1.27. The first-order valence-electron chi connectivity index (χ1n) is 16.0. The molecule has 1 aliphatic heterocycles. The molecule has 0 radical (unpaired) electrons.